The number of rotatable bonds is 5. The van der Waals surface area contributed by atoms with Crippen molar-refractivity contribution in [3.8, 4) is 17.2 Å². The molecule has 1 atom stereocenters. The molecule has 0 radical (unpaired) electrons. The average molecular weight is 560 g/mol. The number of ketones is 1. The van der Waals surface area contributed by atoms with Crippen molar-refractivity contribution in [1.29, 1.82) is 0 Å². The molecule has 6 rings (SSSR count). The first-order valence-corrected chi connectivity index (χ1v) is 13.0. The maximum atomic E-state index is 14.0. The molecule has 8 nitrogen and oxygen atoms in total. The molecule has 9 heteroatoms. The molecule has 3 aromatic carbocycles. The monoisotopic (exact) mass is 559 g/mol. The summed E-state index contributed by atoms with van der Waals surface area (Å²) in [7, 11) is 1.47. The number of carbonyl (C=O) groups excluding carboxylic acids is 2. The Kier molecular flexibility index (Phi) is 6.03. The SMILES string of the molecule is COc1cc(Cl)cc2cc(C(=O)C3=C(O)C(=O)N(c4ccc5c(c4)OCO5)C3c3ccc(C(C)(C)C)cc3)oc12. The van der Waals surface area contributed by atoms with Gasteiger partial charge in [-0.1, -0.05) is 56.6 Å². The molecule has 1 unspecified atom stereocenters. The van der Waals surface area contributed by atoms with E-state index in [9.17, 15) is 14.7 Å². The maximum absolute atomic E-state index is 14.0. The predicted octanol–water partition coefficient (Wildman–Crippen LogP) is 6.90. The Morgan fingerprint density at radius 1 is 1.02 bits per heavy atom. The van der Waals surface area contributed by atoms with Crippen LogP contribution in [-0.4, -0.2) is 30.7 Å². The molecule has 1 aromatic heterocycles. The molecular formula is C31H26ClNO7. The molecule has 0 aliphatic carbocycles. The number of amides is 1. The zero-order valence-electron chi connectivity index (χ0n) is 22.3. The molecular weight excluding hydrogens is 534 g/mol. The highest BCUT2D eigenvalue weighted by Gasteiger charge is 2.46. The molecule has 204 valence electrons. The van der Waals surface area contributed by atoms with Gasteiger partial charge in [0.05, 0.1) is 18.7 Å². The first-order valence-electron chi connectivity index (χ1n) is 12.7. The van der Waals surface area contributed by atoms with Crippen LogP contribution in [0.15, 0.2) is 76.4 Å². The van der Waals surface area contributed by atoms with E-state index in [1.165, 1.54) is 18.1 Å². The highest BCUT2D eigenvalue weighted by molar-refractivity contribution is 6.31. The minimum Gasteiger partial charge on any atom is -0.503 e. The lowest BCUT2D eigenvalue weighted by Crippen LogP contribution is -2.31. The molecule has 40 heavy (non-hydrogen) atoms. The first kappa shape index (κ1) is 25.8. The van der Waals surface area contributed by atoms with Crippen molar-refractivity contribution in [3.05, 3.63) is 93.9 Å². The molecule has 0 spiro atoms. The Morgan fingerprint density at radius 2 is 1.75 bits per heavy atom. The lowest BCUT2D eigenvalue weighted by Gasteiger charge is -2.28. The minimum atomic E-state index is -0.937. The standard InChI is InChI=1S/C31H26ClNO7/c1-31(2,3)18-7-5-16(6-8-18)26-25(27(34)23-12-17-11-19(32)13-24(37-4)29(17)40-23)28(35)30(36)33(26)20-9-10-21-22(14-20)39-15-38-21/h5-14,26,35H,15H2,1-4H3. The van der Waals surface area contributed by atoms with Crippen LogP contribution in [0, 0.1) is 0 Å². The summed E-state index contributed by atoms with van der Waals surface area (Å²) in [5.74, 6) is -0.694. The van der Waals surface area contributed by atoms with Crippen molar-refractivity contribution in [1.82, 2.24) is 0 Å². The molecule has 0 saturated carbocycles. The highest BCUT2D eigenvalue weighted by atomic mass is 35.5. The number of furan rings is 1. The van der Waals surface area contributed by atoms with Crippen molar-refractivity contribution in [2.24, 2.45) is 0 Å². The Hall–Kier alpha value is -4.43. The molecule has 1 amide bonds. The number of halogens is 1. The zero-order valence-corrected chi connectivity index (χ0v) is 23.0. The van der Waals surface area contributed by atoms with E-state index in [0.717, 1.165) is 5.56 Å². The predicted molar refractivity (Wildman–Crippen MR) is 150 cm³/mol. The molecule has 1 N–H and O–H groups in total. The summed E-state index contributed by atoms with van der Waals surface area (Å²) >= 11 is 6.21. The van der Waals surface area contributed by atoms with Gasteiger partial charge < -0.3 is 23.7 Å². The van der Waals surface area contributed by atoms with Crippen LogP contribution in [0.2, 0.25) is 5.02 Å². The van der Waals surface area contributed by atoms with E-state index >= 15 is 0 Å². The lowest BCUT2D eigenvalue weighted by atomic mass is 9.85. The quantitative estimate of drug-likeness (QED) is 0.265. The highest BCUT2D eigenvalue weighted by Crippen LogP contribution is 2.45. The fourth-order valence-electron chi connectivity index (χ4n) is 5.10. The van der Waals surface area contributed by atoms with Gasteiger partial charge in [0.2, 0.25) is 12.6 Å². The smallest absolute Gasteiger partial charge is 0.294 e. The van der Waals surface area contributed by atoms with Crippen LogP contribution >= 0.6 is 11.6 Å². The second-order valence-corrected chi connectivity index (χ2v) is 11.2. The van der Waals surface area contributed by atoms with E-state index in [0.29, 0.717) is 44.5 Å². The van der Waals surface area contributed by atoms with Crippen LogP contribution in [0.25, 0.3) is 11.0 Å². The summed E-state index contributed by atoms with van der Waals surface area (Å²) in [6.07, 6.45) is 0. The van der Waals surface area contributed by atoms with Gasteiger partial charge in [0.15, 0.2) is 34.4 Å². The Balaban J connectivity index is 1.49. The van der Waals surface area contributed by atoms with E-state index in [1.807, 2.05) is 24.3 Å². The fourth-order valence-corrected chi connectivity index (χ4v) is 5.32. The summed E-state index contributed by atoms with van der Waals surface area (Å²) in [5.41, 5.74) is 2.28. The number of hydrogen-bond acceptors (Lipinski definition) is 7. The molecule has 0 fully saturated rings. The largest absolute Gasteiger partial charge is 0.503 e. The van der Waals surface area contributed by atoms with Gasteiger partial charge in [0.1, 0.15) is 0 Å². The van der Waals surface area contributed by atoms with Gasteiger partial charge in [-0.25, -0.2) is 0 Å². The molecule has 2 aliphatic rings. The summed E-state index contributed by atoms with van der Waals surface area (Å²) in [5, 5.41) is 12.1. The number of aliphatic hydroxyl groups excluding tert-OH is 1. The second-order valence-electron chi connectivity index (χ2n) is 10.7. The number of ether oxygens (including phenoxy) is 3. The van der Waals surface area contributed by atoms with E-state index in [2.05, 4.69) is 20.8 Å². The Morgan fingerprint density at radius 3 is 2.45 bits per heavy atom. The van der Waals surface area contributed by atoms with Gasteiger partial charge >= 0.3 is 0 Å². The van der Waals surface area contributed by atoms with E-state index < -0.39 is 23.5 Å². The third-order valence-electron chi connectivity index (χ3n) is 7.17. The molecule has 2 aliphatic heterocycles. The number of methoxy groups -OCH3 is 1. The second kappa shape index (κ2) is 9.34. The number of aliphatic hydroxyl groups is 1. The van der Waals surface area contributed by atoms with Gasteiger partial charge in [-0.15, -0.1) is 0 Å². The van der Waals surface area contributed by atoms with E-state index in [1.54, 1.807) is 30.3 Å². The van der Waals surface area contributed by atoms with Gasteiger partial charge in [0.25, 0.3) is 5.91 Å². The van der Waals surface area contributed by atoms with Crippen molar-refractivity contribution >= 4 is 39.9 Å². The first-order chi connectivity index (χ1) is 19.1. The lowest BCUT2D eigenvalue weighted by molar-refractivity contribution is -0.117. The maximum Gasteiger partial charge on any atom is 0.294 e. The van der Waals surface area contributed by atoms with Gasteiger partial charge in [0, 0.05) is 28.2 Å². The number of anilines is 1. The van der Waals surface area contributed by atoms with Crippen molar-refractivity contribution in [3.63, 3.8) is 0 Å². The van der Waals surface area contributed by atoms with Crippen LogP contribution in [0.4, 0.5) is 5.69 Å². The Labute approximate surface area is 235 Å². The average Bonchev–Trinajstić information content (AvgIpc) is 3.63. The van der Waals surface area contributed by atoms with E-state index in [-0.39, 0.29) is 23.5 Å². The fraction of sp³-hybridized carbons (Fsp3) is 0.226. The van der Waals surface area contributed by atoms with Crippen LogP contribution in [0.3, 0.4) is 0 Å². The van der Waals surface area contributed by atoms with E-state index in [4.69, 9.17) is 30.2 Å². The Bertz CT molecular complexity index is 1710. The van der Waals surface area contributed by atoms with Crippen molar-refractivity contribution in [2.45, 2.75) is 32.2 Å². The van der Waals surface area contributed by atoms with Gasteiger partial charge in [-0.05, 0) is 40.8 Å². The van der Waals surface area contributed by atoms with Gasteiger partial charge in [-0.3, -0.25) is 14.5 Å². The number of carbonyl (C=O) groups is 2. The molecule has 0 saturated heterocycles. The number of benzene rings is 3. The van der Waals surface area contributed by atoms with Crippen molar-refractivity contribution in [2.75, 3.05) is 18.8 Å². The van der Waals surface area contributed by atoms with Crippen LogP contribution in [-0.2, 0) is 10.2 Å². The molecule has 0 bridgehead atoms. The normalized spacial score (nSPS) is 16.8. The topological polar surface area (TPSA) is 98.4 Å². The van der Waals surface area contributed by atoms with Crippen LogP contribution in [0.1, 0.15) is 48.5 Å². The summed E-state index contributed by atoms with van der Waals surface area (Å²) < 4.78 is 22.2. The number of nitrogens with zero attached hydrogens (tertiary/aromatic N) is 1. The summed E-state index contributed by atoms with van der Waals surface area (Å²) in [4.78, 5) is 29.0. The zero-order chi connectivity index (χ0) is 28.3. The number of fused-ring (bicyclic) bond motifs is 2. The third kappa shape index (κ3) is 4.16. The van der Waals surface area contributed by atoms with Crippen LogP contribution < -0.4 is 19.1 Å². The summed E-state index contributed by atoms with van der Waals surface area (Å²) in [6, 6.07) is 16.5. The van der Waals surface area contributed by atoms with Crippen LogP contribution in [0.5, 0.6) is 17.2 Å². The van der Waals surface area contributed by atoms with Crippen molar-refractivity contribution < 1.29 is 33.3 Å². The molecule has 3 heterocycles. The third-order valence-corrected chi connectivity index (χ3v) is 7.39. The number of hydrogen-bond donors (Lipinski definition) is 1. The summed E-state index contributed by atoms with van der Waals surface area (Å²) in [6.45, 7) is 6.37. The molecule has 4 aromatic rings. The number of Topliss-reactive ketones (excluding diaryl/α,β-unsaturated/α-hetero) is 1. The minimum absolute atomic E-state index is 0.0613. The van der Waals surface area contributed by atoms with Gasteiger partial charge in [-0.2, -0.15) is 0 Å².